The molecule has 2 aromatic rings. The zero-order valence-corrected chi connectivity index (χ0v) is 16.1. The number of hydrogen-bond acceptors (Lipinski definition) is 3. The number of rotatable bonds is 6. The Morgan fingerprint density at radius 2 is 1.67 bits per heavy atom. The number of carbonyl (C=O) groups excluding carboxylic acids is 2. The van der Waals surface area contributed by atoms with Crippen molar-refractivity contribution in [3.63, 3.8) is 0 Å². The first kappa shape index (κ1) is 19.0. The minimum absolute atomic E-state index is 0.0782. The fourth-order valence-electron chi connectivity index (χ4n) is 2.76. The second-order valence-corrected chi connectivity index (χ2v) is 8.02. The Hall–Kier alpha value is -2.82. The summed E-state index contributed by atoms with van der Waals surface area (Å²) in [6.07, 6.45) is 2.08. The molecule has 3 N–H and O–H groups in total. The first-order valence-corrected chi connectivity index (χ1v) is 9.37. The zero-order valence-electron chi connectivity index (χ0n) is 16.1. The van der Waals surface area contributed by atoms with Gasteiger partial charge in [0.2, 0.25) is 5.91 Å². The van der Waals surface area contributed by atoms with Crippen LogP contribution >= 0.6 is 0 Å². The molecule has 142 valence electrons. The van der Waals surface area contributed by atoms with Crippen LogP contribution in [0, 0.1) is 0 Å². The third kappa shape index (κ3) is 5.33. The van der Waals surface area contributed by atoms with Crippen molar-refractivity contribution in [3.05, 3.63) is 59.7 Å². The summed E-state index contributed by atoms with van der Waals surface area (Å²) < 4.78 is 0. The molecule has 0 bridgehead atoms. The quantitative estimate of drug-likeness (QED) is 0.726. The molecule has 1 aliphatic carbocycles. The highest BCUT2D eigenvalue weighted by molar-refractivity contribution is 6.01. The second kappa shape index (κ2) is 7.82. The third-order valence-electron chi connectivity index (χ3n) is 4.56. The summed E-state index contributed by atoms with van der Waals surface area (Å²) in [6, 6.07) is 15.4. The van der Waals surface area contributed by atoms with Crippen LogP contribution in [0.25, 0.3) is 0 Å². The Bertz CT molecular complexity index is 818. The first-order valence-electron chi connectivity index (χ1n) is 9.37. The molecule has 0 heterocycles. The number of amides is 2. The molecule has 27 heavy (non-hydrogen) atoms. The molecule has 0 unspecified atom stereocenters. The molecule has 2 aromatic carbocycles. The van der Waals surface area contributed by atoms with E-state index in [9.17, 15) is 9.59 Å². The molecule has 0 aliphatic heterocycles. The summed E-state index contributed by atoms with van der Waals surface area (Å²) in [4.78, 5) is 24.6. The van der Waals surface area contributed by atoms with E-state index in [-0.39, 0.29) is 23.8 Å². The summed E-state index contributed by atoms with van der Waals surface area (Å²) in [6.45, 7) is 6.55. The summed E-state index contributed by atoms with van der Waals surface area (Å²) in [7, 11) is 0. The lowest BCUT2D eigenvalue weighted by molar-refractivity contribution is -0.114. The first-order chi connectivity index (χ1) is 12.8. The van der Waals surface area contributed by atoms with Gasteiger partial charge < -0.3 is 16.0 Å². The van der Waals surface area contributed by atoms with E-state index >= 15 is 0 Å². The van der Waals surface area contributed by atoms with E-state index in [0.717, 1.165) is 18.5 Å². The van der Waals surface area contributed by atoms with Gasteiger partial charge in [-0.2, -0.15) is 0 Å². The molecule has 0 atom stereocenters. The van der Waals surface area contributed by atoms with Crippen molar-refractivity contribution in [2.45, 2.75) is 45.1 Å². The topological polar surface area (TPSA) is 70.2 Å². The number of anilines is 2. The van der Waals surface area contributed by atoms with E-state index in [0.29, 0.717) is 17.3 Å². The smallest absolute Gasteiger partial charge is 0.253 e. The third-order valence-corrected chi connectivity index (χ3v) is 4.56. The largest absolute Gasteiger partial charge is 0.376 e. The standard InChI is InChI=1S/C22H27N3O2/c1-22(2,3)15-8-10-16(11-9-15)24-20(26)14-23-19-7-5-4-6-18(19)21(27)25-17-12-13-17/h4-11,17,23H,12-14H2,1-3H3,(H,24,26)(H,25,27). The number of hydrogen-bond donors (Lipinski definition) is 3. The average Bonchev–Trinajstić information content (AvgIpc) is 3.44. The van der Waals surface area contributed by atoms with Crippen molar-refractivity contribution in [1.82, 2.24) is 5.32 Å². The molecule has 1 fully saturated rings. The van der Waals surface area contributed by atoms with Crippen LogP contribution < -0.4 is 16.0 Å². The number of para-hydroxylation sites is 1. The molecule has 0 radical (unpaired) electrons. The van der Waals surface area contributed by atoms with Gasteiger partial charge in [0.15, 0.2) is 0 Å². The molecular formula is C22H27N3O2. The minimum atomic E-state index is -0.157. The fourth-order valence-corrected chi connectivity index (χ4v) is 2.76. The summed E-state index contributed by atoms with van der Waals surface area (Å²) >= 11 is 0. The van der Waals surface area contributed by atoms with Crippen LogP contribution in [0.15, 0.2) is 48.5 Å². The predicted octanol–water partition coefficient (Wildman–Crippen LogP) is 3.93. The van der Waals surface area contributed by atoms with Gasteiger partial charge in [-0.05, 0) is 48.1 Å². The maximum atomic E-state index is 12.3. The maximum absolute atomic E-state index is 12.3. The van der Waals surface area contributed by atoms with Gasteiger partial charge in [0.05, 0.1) is 12.1 Å². The number of benzene rings is 2. The highest BCUT2D eigenvalue weighted by atomic mass is 16.2. The molecule has 0 saturated heterocycles. The summed E-state index contributed by atoms with van der Waals surface area (Å²) in [5, 5.41) is 8.93. The molecule has 0 spiro atoms. The molecule has 1 aliphatic rings. The van der Waals surface area contributed by atoms with Crippen molar-refractivity contribution in [1.29, 1.82) is 0 Å². The minimum Gasteiger partial charge on any atom is -0.376 e. The van der Waals surface area contributed by atoms with Crippen molar-refractivity contribution >= 4 is 23.2 Å². The van der Waals surface area contributed by atoms with Crippen LogP contribution in [0.3, 0.4) is 0 Å². The second-order valence-electron chi connectivity index (χ2n) is 8.02. The van der Waals surface area contributed by atoms with E-state index in [2.05, 4.69) is 36.7 Å². The molecule has 0 aromatic heterocycles. The van der Waals surface area contributed by atoms with E-state index in [1.807, 2.05) is 42.5 Å². The van der Waals surface area contributed by atoms with Crippen LogP contribution in [-0.4, -0.2) is 24.4 Å². The van der Waals surface area contributed by atoms with Crippen LogP contribution in [0.4, 0.5) is 11.4 Å². The van der Waals surface area contributed by atoms with E-state index in [4.69, 9.17) is 0 Å². The molecule has 5 nitrogen and oxygen atoms in total. The van der Waals surface area contributed by atoms with Gasteiger partial charge in [-0.1, -0.05) is 45.0 Å². The van der Waals surface area contributed by atoms with E-state index < -0.39 is 0 Å². The highest BCUT2D eigenvalue weighted by Crippen LogP contribution is 2.24. The lowest BCUT2D eigenvalue weighted by Crippen LogP contribution is -2.27. The Balaban J connectivity index is 1.57. The van der Waals surface area contributed by atoms with Crippen molar-refractivity contribution in [2.24, 2.45) is 0 Å². The van der Waals surface area contributed by atoms with Crippen LogP contribution in [0.1, 0.15) is 49.5 Å². The molecular weight excluding hydrogens is 338 g/mol. The van der Waals surface area contributed by atoms with Crippen LogP contribution in [0.5, 0.6) is 0 Å². The molecule has 5 heteroatoms. The van der Waals surface area contributed by atoms with Crippen molar-refractivity contribution in [2.75, 3.05) is 17.2 Å². The SMILES string of the molecule is CC(C)(C)c1ccc(NC(=O)CNc2ccccc2C(=O)NC2CC2)cc1. The van der Waals surface area contributed by atoms with Crippen molar-refractivity contribution in [3.8, 4) is 0 Å². The zero-order chi connectivity index (χ0) is 19.4. The van der Waals surface area contributed by atoms with Gasteiger partial charge >= 0.3 is 0 Å². The predicted molar refractivity (Wildman–Crippen MR) is 109 cm³/mol. The maximum Gasteiger partial charge on any atom is 0.253 e. The lowest BCUT2D eigenvalue weighted by atomic mass is 9.87. The van der Waals surface area contributed by atoms with Gasteiger partial charge in [0, 0.05) is 17.4 Å². The van der Waals surface area contributed by atoms with E-state index in [1.165, 1.54) is 5.56 Å². The number of nitrogens with one attached hydrogen (secondary N) is 3. The molecule has 1 saturated carbocycles. The Morgan fingerprint density at radius 1 is 1.00 bits per heavy atom. The van der Waals surface area contributed by atoms with Gasteiger partial charge in [0.1, 0.15) is 0 Å². The van der Waals surface area contributed by atoms with Gasteiger partial charge in [-0.25, -0.2) is 0 Å². The van der Waals surface area contributed by atoms with Gasteiger partial charge in [-0.15, -0.1) is 0 Å². The monoisotopic (exact) mass is 365 g/mol. The Morgan fingerprint density at radius 3 is 2.30 bits per heavy atom. The Kier molecular flexibility index (Phi) is 5.49. The lowest BCUT2D eigenvalue weighted by Gasteiger charge is -2.19. The Labute approximate surface area is 160 Å². The molecule has 3 rings (SSSR count). The molecule has 2 amide bonds. The van der Waals surface area contributed by atoms with Crippen molar-refractivity contribution < 1.29 is 9.59 Å². The fraction of sp³-hybridized carbons (Fsp3) is 0.364. The highest BCUT2D eigenvalue weighted by Gasteiger charge is 2.24. The van der Waals surface area contributed by atoms with Gasteiger partial charge in [0.25, 0.3) is 5.91 Å². The summed E-state index contributed by atoms with van der Waals surface area (Å²) in [5.41, 5.74) is 3.28. The van der Waals surface area contributed by atoms with Gasteiger partial charge in [-0.3, -0.25) is 9.59 Å². The average molecular weight is 365 g/mol. The van der Waals surface area contributed by atoms with Crippen LogP contribution in [-0.2, 0) is 10.2 Å². The van der Waals surface area contributed by atoms with Crippen LogP contribution in [0.2, 0.25) is 0 Å². The number of carbonyl (C=O) groups is 2. The van der Waals surface area contributed by atoms with E-state index in [1.54, 1.807) is 6.07 Å². The summed E-state index contributed by atoms with van der Waals surface area (Å²) in [5.74, 6) is -0.255. The normalized spacial score (nSPS) is 13.7.